The Hall–Kier alpha value is -1.86. The molecule has 0 heterocycles. The highest BCUT2D eigenvalue weighted by atomic mass is 35.5. The van der Waals surface area contributed by atoms with E-state index in [1.165, 1.54) is 23.9 Å². The van der Waals surface area contributed by atoms with Crippen molar-refractivity contribution in [3.63, 3.8) is 0 Å². The number of hydrogen-bond acceptors (Lipinski definition) is 2. The number of anilines is 1. The van der Waals surface area contributed by atoms with E-state index >= 15 is 0 Å². The Balaban J connectivity index is 2.02. The zero-order chi connectivity index (χ0) is 17.7. The Kier molecular flexibility index (Phi) is 6.01. The lowest BCUT2D eigenvalue weighted by molar-refractivity contribution is -0.137. The molecule has 8 heteroatoms. The van der Waals surface area contributed by atoms with Crippen LogP contribution in [0.3, 0.4) is 0 Å². The highest BCUT2D eigenvalue weighted by Gasteiger charge is 2.33. The Bertz CT molecular complexity index is 738. The normalized spacial score (nSPS) is 11.2. The number of benzene rings is 2. The number of thioether (sulfide) groups is 1. The van der Waals surface area contributed by atoms with Crippen molar-refractivity contribution in [1.29, 1.82) is 0 Å². The van der Waals surface area contributed by atoms with Gasteiger partial charge < -0.3 is 10.6 Å². The van der Waals surface area contributed by atoms with Gasteiger partial charge in [0.2, 0.25) is 0 Å². The third-order valence-electron chi connectivity index (χ3n) is 3.14. The summed E-state index contributed by atoms with van der Waals surface area (Å²) < 4.78 is 38.4. The molecule has 0 spiro atoms. The molecule has 128 valence electrons. The molecule has 24 heavy (non-hydrogen) atoms. The fourth-order valence-electron chi connectivity index (χ4n) is 2.00. The average molecular weight is 375 g/mol. The van der Waals surface area contributed by atoms with E-state index in [0.29, 0.717) is 11.3 Å². The SMILES string of the molecule is CSc1ccccc1NC(=O)NCc1ccc(Cl)c(C(F)(F)F)c1. The summed E-state index contributed by atoms with van der Waals surface area (Å²) in [5.74, 6) is 0. The van der Waals surface area contributed by atoms with Crippen molar-refractivity contribution in [3.8, 4) is 0 Å². The van der Waals surface area contributed by atoms with Crippen LogP contribution in [0.2, 0.25) is 5.02 Å². The van der Waals surface area contributed by atoms with Crippen LogP contribution in [0.4, 0.5) is 23.7 Å². The Morgan fingerprint density at radius 2 is 1.92 bits per heavy atom. The molecule has 0 saturated heterocycles. The van der Waals surface area contributed by atoms with Crippen molar-refractivity contribution < 1.29 is 18.0 Å². The van der Waals surface area contributed by atoms with Gasteiger partial charge in [0.15, 0.2) is 0 Å². The van der Waals surface area contributed by atoms with Gasteiger partial charge in [-0.15, -0.1) is 11.8 Å². The summed E-state index contributed by atoms with van der Waals surface area (Å²) in [6, 6.07) is 10.3. The summed E-state index contributed by atoms with van der Waals surface area (Å²) in [5.41, 5.74) is 0.0196. The molecular formula is C16H14ClF3N2OS. The van der Waals surface area contributed by atoms with Crippen molar-refractivity contribution in [2.75, 3.05) is 11.6 Å². The van der Waals surface area contributed by atoms with Gasteiger partial charge in [0.25, 0.3) is 0 Å². The van der Waals surface area contributed by atoms with E-state index in [9.17, 15) is 18.0 Å². The maximum atomic E-state index is 12.8. The van der Waals surface area contributed by atoms with Crippen LogP contribution in [0.25, 0.3) is 0 Å². The number of carbonyl (C=O) groups is 1. The summed E-state index contributed by atoms with van der Waals surface area (Å²) in [4.78, 5) is 12.8. The van der Waals surface area contributed by atoms with Gasteiger partial charge in [0.05, 0.1) is 16.3 Å². The van der Waals surface area contributed by atoms with Crippen LogP contribution >= 0.6 is 23.4 Å². The van der Waals surface area contributed by atoms with E-state index in [2.05, 4.69) is 10.6 Å². The Morgan fingerprint density at radius 1 is 1.21 bits per heavy atom. The number of carbonyl (C=O) groups excluding carboxylic acids is 1. The van der Waals surface area contributed by atoms with E-state index in [4.69, 9.17) is 11.6 Å². The lowest BCUT2D eigenvalue weighted by atomic mass is 10.1. The number of amides is 2. The number of hydrogen-bond donors (Lipinski definition) is 2. The molecule has 0 aromatic heterocycles. The van der Waals surface area contributed by atoms with Crippen molar-refractivity contribution in [2.45, 2.75) is 17.6 Å². The molecule has 2 aromatic rings. The van der Waals surface area contributed by atoms with Crippen LogP contribution in [0.15, 0.2) is 47.4 Å². The van der Waals surface area contributed by atoms with Gasteiger partial charge in [0, 0.05) is 11.4 Å². The number of urea groups is 1. The zero-order valence-corrected chi connectivity index (χ0v) is 14.1. The highest BCUT2D eigenvalue weighted by Crippen LogP contribution is 2.35. The number of halogens is 4. The van der Waals surface area contributed by atoms with Gasteiger partial charge in [-0.1, -0.05) is 29.8 Å². The van der Waals surface area contributed by atoms with E-state index in [1.54, 1.807) is 12.1 Å². The molecule has 3 nitrogen and oxygen atoms in total. The predicted octanol–water partition coefficient (Wildman–Crippen LogP) is 5.40. The van der Waals surface area contributed by atoms with E-state index in [1.807, 2.05) is 18.4 Å². The van der Waals surface area contributed by atoms with E-state index in [0.717, 1.165) is 11.0 Å². The van der Waals surface area contributed by atoms with Crippen LogP contribution < -0.4 is 10.6 Å². The van der Waals surface area contributed by atoms with Gasteiger partial charge in [-0.2, -0.15) is 13.2 Å². The second-order valence-corrected chi connectivity index (χ2v) is 6.08. The summed E-state index contributed by atoms with van der Waals surface area (Å²) in [6.45, 7) is -0.0481. The molecule has 0 bridgehead atoms. The topological polar surface area (TPSA) is 41.1 Å². The van der Waals surface area contributed by atoms with E-state index in [-0.39, 0.29) is 11.6 Å². The molecule has 0 radical (unpaired) electrons. The summed E-state index contributed by atoms with van der Waals surface area (Å²) in [5, 5.41) is 4.83. The van der Waals surface area contributed by atoms with E-state index < -0.39 is 17.8 Å². The van der Waals surface area contributed by atoms with Crippen LogP contribution in [0.1, 0.15) is 11.1 Å². The van der Waals surface area contributed by atoms with Crippen molar-refractivity contribution in [3.05, 3.63) is 58.6 Å². The lowest BCUT2D eigenvalue weighted by Gasteiger charge is -2.13. The molecule has 0 aliphatic heterocycles. The highest BCUT2D eigenvalue weighted by molar-refractivity contribution is 7.98. The van der Waals surface area contributed by atoms with Crippen molar-refractivity contribution in [2.24, 2.45) is 0 Å². The first-order chi connectivity index (χ1) is 11.3. The standard InChI is InChI=1S/C16H14ClF3N2OS/c1-24-14-5-3-2-4-13(14)22-15(23)21-9-10-6-7-12(17)11(8-10)16(18,19)20/h2-8H,9H2,1H3,(H2,21,22,23). The quantitative estimate of drug-likeness (QED) is 0.703. The molecule has 2 N–H and O–H groups in total. The minimum atomic E-state index is -4.54. The molecule has 0 atom stereocenters. The summed E-state index contributed by atoms with van der Waals surface area (Å²) in [6.07, 6.45) is -2.66. The number of para-hydroxylation sites is 1. The molecule has 2 aromatic carbocycles. The maximum absolute atomic E-state index is 12.8. The largest absolute Gasteiger partial charge is 0.417 e. The number of rotatable bonds is 4. The molecule has 0 aliphatic carbocycles. The first-order valence-electron chi connectivity index (χ1n) is 6.84. The van der Waals surface area contributed by atoms with Crippen LogP contribution in [0.5, 0.6) is 0 Å². The second-order valence-electron chi connectivity index (χ2n) is 4.82. The number of nitrogens with one attached hydrogen (secondary N) is 2. The van der Waals surface area contributed by atoms with Gasteiger partial charge >= 0.3 is 12.2 Å². The monoisotopic (exact) mass is 374 g/mol. The van der Waals surface area contributed by atoms with Gasteiger partial charge in [-0.3, -0.25) is 0 Å². The first kappa shape index (κ1) is 18.5. The average Bonchev–Trinajstić information content (AvgIpc) is 2.53. The van der Waals surface area contributed by atoms with Crippen LogP contribution in [0, 0.1) is 0 Å². The van der Waals surface area contributed by atoms with Crippen molar-refractivity contribution >= 4 is 35.1 Å². The Labute approximate surface area is 146 Å². The fraction of sp³-hybridized carbons (Fsp3) is 0.188. The third-order valence-corrected chi connectivity index (χ3v) is 4.27. The summed E-state index contributed by atoms with van der Waals surface area (Å²) >= 11 is 7.04. The second kappa shape index (κ2) is 7.81. The van der Waals surface area contributed by atoms with Crippen LogP contribution in [-0.2, 0) is 12.7 Å². The number of alkyl halides is 3. The summed E-state index contributed by atoms with van der Waals surface area (Å²) in [7, 11) is 0. The molecule has 0 aliphatic rings. The smallest absolute Gasteiger partial charge is 0.334 e. The maximum Gasteiger partial charge on any atom is 0.417 e. The van der Waals surface area contributed by atoms with Gasteiger partial charge in [-0.25, -0.2) is 4.79 Å². The minimum absolute atomic E-state index is 0.0481. The lowest BCUT2D eigenvalue weighted by Crippen LogP contribution is -2.28. The van der Waals surface area contributed by atoms with Crippen molar-refractivity contribution in [1.82, 2.24) is 5.32 Å². The predicted molar refractivity (Wildman–Crippen MR) is 90.5 cm³/mol. The van der Waals surface area contributed by atoms with Gasteiger partial charge in [-0.05, 0) is 36.1 Å². The molecular weight excluding hydrogens is 361 g/mol. The molecule has 0 fully saturated rings. The molecule has 2 rings (SSSR count). The zero-order valence-electron chi connectivity index (χ0n) is 12.6. The minimum Gasteiger partial charge on any atom is -0.334 e. The fourth-order valence-corrected chi connectivity index (χ4v) is 2.77. The van der Waals surface area contributed by atoms with Crippen LogP contribution in [-0.4, -0.2) is 12.3 Å². The first-order valence-corrected chi connectivity index (χ1v) is 8.45. The third kappa shape index (κ3) is 4.82. The molecule has 0 unspecified atom stereocenters. The van der Waals surface area contributed by atoms with Gasteiger partial charge in [0.1, 0.15) is 0 Å². The molecule has 0 saturated carbocycles. The molecule has 2 amide bonds. The Morgan fingerprint density at radius 3 is 2.58 bits per heavy atom.